The van der Waals surface area contributed by atoms with E-state index >= 15 is 0 Å². The SMILES string of the molecule is CCNC(=NCc1ccc(OCCOC)cc1)NCC1(CCOC)CCC1.I. The fourth-order valence-electron chi connectivity index (χ4n) is 3.23. The molecule has 1 aliphatic rings. The summed E-state index contributed by atoms with van der Waals surface area (Å²) in [6.45, 7) is 6.51. The molecule has 0 radical (unpaired) electrons. The molecule has 0 aliphatic heterocycles. The highest BCUT2D eigenvalue weighted by Gasteiger charge is 2.36. The number of guanidine groups is 1. The van der Waals surface area contributed by atoms with E-state index in [2.05, 4.69) is 29.7 Å². The Morgan fingerprint density at radius 1 is 1.04 bits per heavy atom. The van der Waals surface area contributed by atoms with E-state index in [-0.39, 0.29) is 24.0 Å². The Bertz CT molecular complexity index is 563. The van der Waals surface area contributed by atoms with Crippen LogP contribution in [0.2, 0.25) is 0 Å². The number of hydrogen-bond donors (Lipinski definition) is 2. The number of halogens is 1. The van der Waals surface area contributed by atoms with E-state index in [1.807, 2.05) is 12.1 Å². The number of benzene rings is 1. The fraction of sp³-hybridized carbons (Fsp3) is 0.667. The van der Waals surface area contributed by atoms with Crippen LogP contribution >= 0.6 is 24.0 Å². The predicted octanol–water partition coefficient (Wildman–Crippen LogP) is 3.59. The third-order valence-electron chi connectivity index (χ3n) is 5.13. The predicted molar refractivity (Wildman–Crippen MR) is 125 cm³/mol. The van der Waals surface area contributed by atoms with Crippen LogP contribution in [0.3, 0.4) is 0 Å². The Hall–Kier alpha value is -1.06. The van der Waals surface area contributed by atoms with Gasteiger partial charge >= 0.3 is 0 Å². The summed E-state index contributed by atoms with van der Waals surface area (Å²) in [7, 11) is 3.45. The first-order valence-corrected chi connectivity index (χ1v) is 9.93. The van der Waals surface area contributed by atoms with Gasteiger partial charge in [-0.3, -0.25) is 0 Å². The molecule has 0 aromatic heterocycles. The highest BCUT2D eigenvalue weighted by Crippen LogP contribution is 2.43. The van der Waals surface area contributed by atoms with Crippen LogP contribution in [-0.2, 0) is 16.0 Å². The van der Waals surface area contributed by atoms with Crippen molar-refractivity contribution in [2.75, 3.05) is 47.1 Å². The Morgan fingerprint density at radius 3 is 2.32 bits per heavy atom. The number of rotatable bonds is 12. The van der Waals surface area contributed by atoms with Crippen LogP contribution < -0.4 is 15.4 Å². The Morgan fingerprint density at radius 2 is 1.75 bits per heavy atom. The minimum Gasteiger partial charge on any atom is -0.491 e. The molecule has 160 valence electrons. The molecule has 28 heavy (non-hydrogen) atoms. The maximum absolute atomic E-state index is 5.60. The molecule has 1 saturated carbocycles. The lowest BCUT2D eigenvalue weighted by Crippen LogP contribution is -2.46. The number of nitrogens with zero attached hydrogens (tertiary/aromatic N) is 1. The molecule has 6 nitrogen and oxygen atoms in total. The quantitative estimate of drug-likeness (QED) is 0.197. The average molecular weight is 505 g/mol. The monoisotopic (exact) mass is 505 g/mol. The summed E-state index contributed by atoms with van der Waals surface area (Å²) >= 11 is 0. The van der Waals surface area contributed by atoms with Gasteiger partial charge in [-0.2, -0.15) is 0 Å². The molecule has 0 heterocycles. The minimum absolute atomic E-state index is 0. The number of nitrogens with one attached hydrogen (secondary N) is 2. The lowest BCUT2D eigenvalue weighted by molar-refractivity contribution is 0.0732. The zero-order chi connectivity index (χ0) is 19.4. The molecule has 0 atom stereocenters. The minimum atomic E-state index is 0. The zero-order valence-corrected chi connectivity index (χ0v) is 19.8. The Kier molecular flexibility index (Phi) is 12.5. The molecule has 2 N–H and O–H groups in total. The molecular weight excluding hydrogens is 469 g/mol. The van der Waals surface area contributed by atoms with Gasteiger partial charge in [-0.05, 0) is 49.3 Å². The van der Waals surface area contributed by atoms with Gasteiger partial charge in [0.15, 0.2) is 5.96 Å². The van der Waals surface area contributed by atoms with Gasteiger partial charge in [0.1, 0.15) is 12.4 Å². The van der Waals surface area contributed by atoms with Crippen molar-refractivity contribution in [3.8, 4) is 5.75 Å². The van der Waals surface area contributed by atoms with Crippen molar-refractivity contribution >= 4 is 29.9 Å². The van der Waals surface area contributed by atoms with Crippen molar-refractivity contribution in [3.05, 3.63) is 29.8 Å². The number of methoxy groups -OCH3 is 2. The second-order valence-electron chi connectivity index (χ2n) is 7.13. The van der Waals surface area contributed by atoms with Gasteiger partial charge in [-0.15, -0.1) is 24.0 Å². The van der Waals surface area contributed by atoms with Crippen LogP contribution in [-0.4, -0.2) is 53.1 Å². The van der Waals surface area contributed by atoms with Crippen molar-refractivity contribution in [1.29, 1.82) is 0 Å². The second kappa shape index (κ2) is 14.0. The lowest BCUT2D eigenvalue weighted by Gasteiger charge is -2.42. The molecule has 0 spiro atoms. The third kappa shape index (κ3) is 8.53. The number of ether oxygens (including phenoxy) is 3. The molecule has 1 aliphatic carbocycles. The van der Waals surface area contributed by atoms with Gasteiger partial charge in [0.05, 0.1) is 13.2 Å². The summed E-state index contributed by atoms with van der Waals surface area (Å²) in [5, 5.41) is 6.88. The van der Waals surface area contributed by atoms with Crippen molar-refractivity contribution in [3.63, 3.8) is 0 Å². The highest BCUT2D eigenvalue weighted by molar-refractivity contribution is 14.0. The Balaban J connectivity index is 0.00000392. The van der Waals surface area contributed by atoms with Gasteiger partial charge in [0.25, 0.3) is 0 Å². The topological polar surface area (TPSA) is 64.1 Å². The van der Waals surface area contributed by atoms with Crippen molar-refractivity contribution in [1.82, 2.24) is 10.6 Å². The van der Waals surface area contributed by atoms with Gasteiger partial charge in [0.2, 0.25) is 0 Å². The summed E-state index contributed by atoms with van der Waals surface area (Å²) in [5.41, 5.74) is 1.52. The summed E-state index contributed by atoms with van der Waals surface area (Å²) in [6, 6.07) is 8.08. The van der Waals surface area contributed by atoms with Gasteiger partial charge < -0.3 is 24.8 Å². The molecular formula is C21H36IN3O3. The van der Waals surface area contributed by atoms with Crippen molar-refractivity contribution in [2.24, 2.45) is 10.4 Å². The molecule has 1 aromatic carbocycles. The van der Waals surface area contributed by atoms with E-state index in [1.165, 1.54) is 19.3 Å². The van der Waals surface area contributed by atoms with Crippen LogP contribution in [0.15, 0.2) is 29.3 Å². The summed E-state index contributed by atoms with van der Waals surface area (Å²) < 4.78 is 15.9. The van der Waals surface area contributed by atoms with E-state index in [4.69, 9.17) is 19.2 Å². The first-order valence-electron chi connectivity index (χ1n) is 9.93. The molecule has 0 amide bonds. The van der Waals surface area contributed by atoms with E-state index in [9.17, 15) is 0 Å². The third-order valence-corrected chi connectivity index (χ3v) is 5.13. The summed E-state index contributed by atoms with van der Waals surface area (Å²) in [5.74, 6) is 1.73. The summed E-state index contributed by atoms with van der Waals surface area (Å²) in [4.78, 5) is 4.73. The normalized spacial score (nSPS) is 15.3. The van der Waals surface area contributed by atoms with Gasteiger partial charge in [0, 0.05) is 33.9 Å². The number of aliphatic imine (C=N–C) groups is 1. The molecule has 1 fully saturated rings. The van der Waals surface area contributed by atoms with Gasteiger partial charge in [-0.1, -0.05) is 18.6 Å². The van der Waals surface area contributed by atoms with E-state index in [1.54, 1.807) is 14.2 Å². The smallest absolute Gasteiger partial charge is 0.191 e. The van der Waals surface area contributed by atoms with Crippen molar-refractivity contribution < 1.29 is 14.2 Å². The zero-order valence-electron chi connectivity index (χ0n) is 17.5. The largest absolute Gasteiger partial charge is 0.491 e. The molecule has 0 saturated heterocycles. The van der Waals surface area contributed by atoms with E-state index in [0.717, 1.165) is 43.4 Å². The molecule has 0 bridgehead atoms. The van der Waals surface area contributed by atoms with Crippen LogP contribution in [0.4, 0.5) is 0 Å². The first-order chi connectivity index (χ1) is 13.2. The van der Waals surface area contributed by atoms with Crippen LogP contribution in [0.5, 0.6) is 5.75 Å². The van der Waals surface area contributed by atoms with Crippen molar-refractivity contribution in [2.45, 2.75) is 39.2 Å². The van der Waals surface area contributed by atoms with E-state index in [0.29, 0.717) is 25.2 Å². The van der Waals surface area contributed by atoms with Crippen LogP contribution in [0, 0.1) is 5.41 Å². The second-order valence-corrected chi connectivity index (χ2v) is 7.13. The number of hydrogen-bond acceptors (Lipinski definition) is 4. The summed E-state index contributed by atoms with van der Waals surface area (Å²) in [6.07, 6.45) is 4.97. The molecule has 7 heteroatoms. The molecule has 2 rings (SSSR count). The average Bonchev–Trinajstić information content (AvgIpc) is 2.66. The standard InChI is InChI=1S/C21H35N3O3.HI/c1-4-22-20(24-17-21(10-5-11-21)12-13-25-2)23-16-18-6-8-19(9-7-18)27-15-14-26-3;/h6-9H,4-5,10-17H2,1-3H3,(H2,22,23,24);1H. The first kappa shape index (κ1) is 25.0. The van der Waals surface area contributed by atoms with Crippen LogP contribution in [0.25, 0.3) is 0 Å². The van der Waals surface area contributed by atoms with Gasteiger partial charge in [-0.25, -0.2) is 4.99 Å². The highest BCUT2D eigenvalue weighted by atomic mass is 127. The maximum Gasteiger partial charge on any atom is 0.191 e. The Labute approximate surface area is 186 Å². The fourth-order valence-corrected chi connectivity index (χ4v) is 3.23. The molecule has 0 unspecified atom stereocenters. The van der Waals surface area contributed by atoms with Crippen LogP contribution in [0.1, 0.15) is 38.2 Å². The maximum atomic E-state index is 5.60. The molecule has 1 aromatic rings. The lowest BCUT2D eigenvalue weighted by atomic mass is 9.67. The van der Waals surface area contributed by atoms with E-state index < -0.39 is 0 Å².